The van der Waals surface area contributed by atoms with Gasteiger partial charge in [-0.1, -0.05) is 13.3 Å². The van der Waals surface area contributed by atoms with Crippen LogP contribution in [0.2, 0.25) is 0 Å². The summed E-state index contributed by atoms with van der Waals surface area (Å²) >= 11 is 0. The molecule has 4 heteroatoms. The van der Waals surface area contributed by atoms with Gasteiger partial charge in [0.1, 0.15) is 0 Å². The van der Waals surface area contributed by atoms with Gasteiger partial charge in [-0.2, -0.15) is 0 Å². The second-order valence-electron chi connectivity index (χ2n) is 3.70. The van der Waals surface area contributed by atoms with Crippen molar-refractivity contribution in [1.29, 1.82) is 0 Å². The van der Waals surface area contributed by atoms with Crippen LogP contribution in [0.25, 0.3) is 0 Å². The van der Waals surface area contributed by atoms with E-state index in [-0.39, 0.29) is 5.56 Å². The zero-order valence-electron chi connectivity index (χ0n) is 9.66. The van der Waals surface area contributed by atoms with Gasteiger partial charge in [0.05, 0.1) is 0 Å². The monoisotopic (exact) mass is 209 g/mol. The van der Waals surface area contributed by atoms with Crippen LogP contribution >= 0.6 is 0 Å². The molecule has 0 radical (unpaired) electrons. The number of aryl methyl sites for hydroxylation is 1. The normalized spacial score (nSPS) is 12.5. The number of nitrogens with zero attached hydrogens (tertiary/aromatic N) is 2. The third-order valence-corrected chi connectivity index (χ3v) is 2.36. The summed E-state index contributed by atoms with van der Waals surface area (Å²) in [7, 11) is 0. The Hall–Kier alpha value is -1.32. The molecule has 1 N–H and O–H groups in total. The van der Waals surface area contributed by atoms with Gasteiger partial charge in [0.15, 0.2) is 5.82 Å². The van der Waals surface area contributed by atoms with E-state index in [2.05, 4.69) is 24.1 Å². The third-order valence-electron chi connectivity index (χ3n) is 2.36. The Morgan fingerprint density at radius 1 is 1.53 bits per heavy atom. The van der Waals surface area contributed by atoms with Gasteiger partial charge in [-0.05, 0) is 20.3 Å². The van der Waals surface area contributed by atoms with E-state index >= 15 is 0 Å². The maximum Gasteiger partial charge on any atom is 0.293 e. The van der Waals surface area contributed by atoms with Crippen LogP contribution < -0.4 is 10.9 Å². The summed E-state index contributed by atoms with van der Waals surface area (Å²) in [5.74, 6) is 0.459. The molecule has 1 rings (SSSR count). The van der Waals surface area contributed by atoms with Crippen molar-refractivity contribution >= 4 is 5.82 Å². The molecule has 0 saturated heterocycles. The Kier molecular flexibility index (Phi) is 4.34. The maximum atomic E-state index is 11.8. The standard InChI is InChI=1S/C11H19N3O/c1-4-6-9(3)13-10-11(15)14(5-2)8-7-12-10/h7-9H,4-6H2,1-3H3,(H,12,13). The van der Waals surface area contributed by atoms with E-state index in [0.29, 0.717) is 18.4 Å². The summed E-state index contributed by atoms with van der Waals surface area (Å²) in [6.45, 7) is 6.81. The average molecular weight is 209 g/mol. The molecule has 84 valence electrons. The lowest BCUT2D eigenvalue weighted by Crippen LogP contribution is -2.27. The summed E-state index contributed by atoms with van der Waals surface area (Å²) in [6.07, 6.45) is 5.51. The highest BCUT2D eigenvalue weighted by Crippen LogP contribution is 2.02. The van der Waals surface area contributed by atoms with Crippen LogP contribution in [0, 0.1) is 0 Å². The van der Waals surface area contributed by atoms with Gasteiger partial charge in [0, 0.05) is 25.0 Å². The molecule has 1 aromatic rings. The molecule has 0 saturated carbocycles. The first-order valence-corrected chi connectivity index (χ1v) is 5.51. The van der Waals surface area contributed by atoms with E-state index in [1.165, 1.54) is 0 Å². The smallest absolute Gasteiger partial charge is 0.293 e. The minimum Gasteiger partial charge on any atom is -0.363 e. The summed E-state index contributed by atoms with van der Waals surface area (Å²) in [5, 5.41) is 3.14. The molecule has 0 bridgehead atoms. The van der Waals surface area contributed by atoms with E-state index < -0.39 is 0 Å². The lowest BCUT2D eigenvalue weighted by molar-refractivity contribution is 0.674. The van der Waals surface area contributed by atoms with E-state index in [0.717, 1.165) is 12.8 Å². The van der Waals surface area contributed by atoms with Crippen molar-refractivity contribution in [1.82, 2.24) is 9.55 Å². The van der Waals surface area contributed by atoms with Gasteiger partial charge >= 0.3 is 0 Å². The first-order valence-electron chi connectivity index (χ1n) is 5.51. The molecule has 0 aliphatic heterocycles. The molecule has 1 heterocycles. The van der Waals surface area contributed by atoms with Gasteiger partial charge in [-0.15, -0.1) is 0 Å². The highest BCUT2D eigenvalue weighted by molar-refractivity contribution is 5.31. The van der Waals surface area contributed by atoms with Crippen molar-refractivity contribution in [3.63, 3.8) is 0 Å². The first kappa shape index (κ1) is 11.8. The Balaban J connectivity index is 2.81. The molecule has 15 heavy (non-hydrogen) atoms. The van der Waals surface area contributed by atoms with Gasteiger partial charge in [-0.25, -0.2) is 4.98 Å². The first-order chi connectivity index (χ1) is 7.19. The molecule has 0 aliphatic rings. The zero-order chi connectivity index (χ0) is 11.3. The van der Waals surface area contributed by atoms with Gasteiger partial charge < -0.3 is 9.88 Å². The quantitative estimate of drug-likeness (QED) is 0.805. The van der Waals surface area contributed by atoms with Crippen LogP contribution in [0.1, 0.15) is 33.6 Å². The van der Waals surface area contributed by atoms with Crippen molar-refractivity contribution in [2.24, 2.45) is 0 Å². The molecular weight excluding hydrogens is 190 g/mol. The summed E-state index contributed by atoms with van der Waals surface area (Å²) in [5.41, 5.74) is -0.0389. The van der Waals surface area contributed by atoms with Crippen molar-refractivity contribution < 1.29 is 0 Å². The Morgan fingerprint density at radius 3 is 2.87 bits per heavy atom. The molecule has 1 aromatic heterocycles. The third kappa shape index (κ3) is 3.08. The molecule has 0 fully saturated rings. The maximum absolute atomic E-state index is 11.8. The minimum absolute atomic E-state index is 0.0389. The van der Waals surface area contributed by atoms with E-state index in [1.54, 1.807) is 17.0 Å². The van der Waals surface area contributed by atoms with Crippen LogP contribution in [0.15, 0.2) is 17.2 Å². The number of hydrogen-bond donors (Lipinski definition) is 1. The fraction of sp³-hybridized carbons (Fsp3) is 0.636. The van der Waals surface area contributed by atoms with Crippen molar-refractivity contribution in [2.45, 2.75) is 46.2 Å². The summed E-state index contributed by atoms with van der Waals surface area (Å²) in [4.78, 5) is 15.8. The van der Waals surface area contributed by atoms with Gasteiger partial charge in [-0.3, -0.25) is 4.79 Å². The molecule has 4 nitrogen and oxygen atoms in total. The molecule has 0 aliphatic carbocycles. The van der Waals surface area contributed by atoms with E-state index in [9.17, 15) is 4.79 Å². The zero-order valence-corrected chi connectivity index (χ0v) is 9.66. The predicted octanol–water partition coefficient (Wildman–Crippen LogP) is 1.86. The molecule has 1 atom stereocenters. The predicted molar refractivity (Wildman–Crippen MR) is 62.2 cm³/mol. The second kappa shape index (κ2) is 5.53. The molecule has 0 aromatic carbocycles. The second-order valence-corrected chi connectivity index (χ2v) is 3.70. The molecular formula is C11H19N3O. The highest BCUT2D eigenvalue weighted by atomic mass is 16.1. The largest absolute Gasteiger partial charge is 0.363 e. The SMILES string of the molecule is CCCC(C)Nc1nccn(CC)c1=O. The lowest BCUT2D eigenvalue weighted by Gasteiger charge is -2.13. The fourth-order valence-corrected chi connectivity index (χ4v) is 1.53. The number of nitrogens with one attached hydrogen (secondary N) is 1. The van der Waals surface area contributed by atoms with Crippen LogP contribution in [0.3, 0.4) is 0 Å². The minimum atomic E-state index is -0.0389. The molecule has 1 unspecified atom stereocenters. The van der Waals surface area contributed by atoms with Crippen LogP contribution in [0.4, 0.5) is 5.82 Å². The van der Waals surface area contributed by atoms with E-state index in [4.69, 9.17) is 0 Å². The topological polar surface area (TPSA) is 46.9 Å². The summed E-state index contributed by atoms with van der Waals surface area (Å²) < 4.78 is 1.65. The Morgan fingerprint density at radius 2 is 2.27 bits per heavy atom. The molecule has 0 amide bonds. The summed E-state index contributed by atoms with van der Waals surface area (Å²) in [6, 6.07) is 0.294. The number of aromatic nitrogens is 2. The lowest BCUT2D eigenvalue weighted by atomic mass is 10.2. The van der Waals surface area contributed by atoms with Crippen molar-refractivity contribution in [3.05, 3.63) is 22.7 Å². The Bertz CT molecular complexity index is 359. The number of rotatable bonds is 5. The number of anilines is 1. The van der Waals surface area contributed by atoms with Gasteiger partial charge in [0.2, 0.25) is 0 Å². The van der Waals surface area contributed by atoms with Crippen LogP contribution in [0.5, 0.6) is 0 Å². The highest BCUT2D eigenvalue weighted by Gasteiger charge is 2.06. The number of hydrogen-bond acceptors (Lipinski definition) is 3. The van der Waals surface area contributed by atoms with Crippen LogP contribution in [-0.2, 0) is 6.54 Å². The van der Waals surface area contributed by atoms with Crippen molar-refractivity contribution in [3.8, 4) is 0 Å². The fourth-order valence-electron chi connectivity index (χ4n) is 1.53. The Labute approximate surface area is 90.3 Å². The molecule has 0 spiro atoms. The van der Waals surface area contributed by atoms with Crippen molar-refractivity contribution in [2.75, 3.05) is 5.32 Å². The van der Waals surface area contributed by atoms with E-state index in [1.807, 2.05) is 6.92 Å². The average Bonchev–Trinajstić information content (AvgIpc) is 2.21. The van der Waals surface area contributed by atoms with Crippen LogP contribution in [-0.4, -0.2) is 15.6 Å². The van der Waals surface area contributed by atoms with Gasteiger partial charge in [0.25, 0.3) is 5.56 Å².